The van der Waals surface area contributed by atoms with Gasteiger partial charge in [-0.25, -0.2) is 9.97 Å². The number of pyridine rings is 2. The predicted molar refractivity (Wildman–Crippen MR) is 104 cm³/mol. The molecule has 0 aliphatic rings. The zero-order valence-corrected chi connectivity index (χ0v) is 15.1. The maximum Gasteiger partial charge on any atom is 0.267 e. The van der Waals surface area contributed by atoms with Crippen LogP contribution >= 0.6 is 0 Å². The molecule has 0 aliphatic heterocycles. The molecule has 2 N–H and O–H groups in total. The van der Waals surface area contributed by atoms with E-state index in [1.807, 2.05) is 43.6 Å². The third-order valence-electron chi connectivity index (χ3n) is 4.49. The predicted octanol–water partition coefficient (Wildman–Crippen LogP) is 2.59. The molecule has 0 bridgehead atoms. The summed E-state index contributed by atoms with van der Waals surface area (Å²) in [5, 5.41) is 14.1. The highest BCUT2D eigenvalue weighted by molar-refractivity contribution is 6.00. The Bertz CT molecular complexity index is 1250. The maximum absolute atomic E-state index is 11.8. The second-order valence-corrected chi connectivity index (χ2v) is 6.51. The van der Waals surface area contributed by atoms with Crippen LogP contribution < -0.4 is 5.73 Å². The lowest BCUT2D eigenvalue weighted by molar-refractivity contribution is 0.0996. The first-order chi connectivity index (χ1) is 13.5. The van der Waals surface area contributed by atoms with Gasteiger partial charge in [0.15, 0.2) is 0 Å². The molecule has 136 valence electrons. The number of nitrogens with zero attached hydrogens (tertiary/aromatic N) is 5. The van der Waals surface area contributed by atoms with E-state index in [2.05, 4.69) is 15.1 Å². The first-order valence-corrected chi connectivity index (χ1v) is 8.61. The number of hydrogen-bond acceptors (Lipinski definition) is 5. The van der Waals surface area contributed by atoms with Crippen molar-refractivity contribution in [3.63, 3.8) is 0 Å². The van der Waals surface area contributed by atoms with E-state index >= 15 is 0 Å². The Labute approximate surface area is 161 Å². The Morgan fingerprint density at radius 2 is 2.04 bits per heavy atom. The highest BCUT2D eigenvalue weighted by Crippen LogP contribution is 2.29. The van der Waals surface area contributed by atoms with Crippen LogP contribution in [0.4, 0.5) is 0 Å². The number of primary amides is 1. The Balaban J connectivity index is 1.82. The van der Waals surface area contributed by atoms with E-state index < -0.39 is 5.91 Å². The van der Waals surface area contributed by atoms with Gasteiger partial charge in [-0.3, -0.25) is 9.48 Å². The van der Waals surface area contributed by atoms with Crippen molar-refractivity contribution < 1.29 is 4.79 Å². The number of nitrogens with two attached hydrogens (primary N) is 1. The molecule has 0 atom stereocenters. The minimum atomic E-state index is -0.578. The van der Waals surface area contributed by atoms with Crippen molar-refractivity contribution in [2.24, 2.45) is 12.8 Å². The molecule has 7 heteroatoms. The molecule has 4 aromatic rings. The number of nitriles is 1. The standard InChI is InChI=1S/C21H16N6O/c1-27-12-15(11-25-27)18-9-20(21(23)28)26-19-8-13(2-3-17(18)19)6-14-4-5-24-16(7-14)10-22/h2-5,7-9,11-12H,6H2,1H3,(H2,23,28). The molecule has 1 amide bonds. The fourth-order valence-electron chi connectivity index (χ4n) is 3.19. The van der Waals surface area contributed by atoms with Gasteiger partial charge in [-0.1, -0.05) is 12.1 Å². The first-order valence-electron chi connectivity index (χ1n) is 8.61. The van der Waals surface area contributed by atoms with E-state index in [1.54, 1.807) is 29.2 Å². The Kier molecular flexibility index (Phi) is 4.30. The lowest BCUT2D eigenvalue weighted by Crippen LogP contribution is -2.13. The summed E-state index contributed by atoms with van der Waals surface area (Å²) >= 11 is 0. The van der Waals surface area contributed by atoms with Crippen LogP contribution in [0.15, 0.2) is 55.0 Å². The second-order valence-electron chi connectivity index (χ2n) is 6.51. The van der Waals surface area contributed by atoms with Gasteiger partial charge in [0.2, 0.25) is 0 Å². The molecule has 0 spiro atoms. The number of amides is 1. The van der Waals surface area contributed by atoms with Crippen molar-refractivity contribution in [3.8, 4) is 17.2 Å². The smallest absolute Gasteiger partial charge is 0.267 e. The van der Waals surface area contributed by atoms with E-state index in [4.69, 9.17) is 11.0 Å². The van der Waals surface area contributed by atoms with Gasteiger partial charge in [0.05, 0.1) is 11.7 Å². The number of fused-ring (bicyclic) bond motifs is 1. The lowest BCUT2D eigenvalue weighted by atomic mass is 9.98. The fourth-order valence-corrected chi connectivity index (χ4v) is 3.19. The fraction of sp³-hybridized carbons (Fsp3) is 0.0952. The summed E-state index contributed by atoms with van der Waals surface area (Å²) in [5.74, 6) is -0.578. The van der Waals surface area contributed by atoms with Gasteiger partial charge in [-0.15, -0.1) is 0 Å². The van der Waals surface area contributed by atoms with Gasteiger partial charge >= 0.3 is 0 Å². The van der Waals surface area contributed by atoms with Crippen LogP contribution in [-0.2, 0) is 13.5 Å². The van der Waals surface area contributed by atoms with Crippen molar-refractivity contribution in [1.82, 2.24) is 19.7 Å². The van der Waals surface area contributed by atoms with Crippen LogP contribution in [0.1, 0.15) is 27.3 Å². The van der Waals surface area contributed by atoms with Crippen LogP contribution in [-0.4, -0.2) is 25.7 Å². The summed E-state index contributed by atoms with van der Waals surface area (Å²) in [6.45, 7) is 0. The molecule has 3 aromatic heterocycles. The van der Waals surface area contributed by atoms with Crippen LogP contribution in [0.3, 0.4) is 0 Å². The number of rotatable bonds is 4. The van der Waals surface area contributed by atoms with Crippen LogP contribution in [0.5, 0.6) is 0 Å². The topological polar surface area (TPSA) is 110 Å². The van der Waals surface area contributed by atoms with E-state index in [-0.39, 0.29) is 5.69 Å². The number of carbonyl (C=O) groups excluding carboxylic acids is 1. The zero-order valence-electron chi connectivity index (χ0n) is 15.1. The van der Waals surface area contributed by atoms with Crippen LogP contribution in [0.2, 0.25) is 0 Å². The maximum atomic E-state index is 11.8. The number of carbonyl (C=O) groups is 1. The molecule has 0 saturated carbocycles. The lowest BCUT2D eigenvalue weighted by Gasteiger charge is -2.09. The van der Waals surface area contributed by atoms with Crippen LogP contribution in [0.25, 0.3) is 22.0 Å². The van der Waals surface area contributed by atoms with Crippen molar-refractivity contribution in [2.75, 3.05) is 0 Å². The summed E-state index contributed by atoms with van der Waals surface area (Å²) in [7, 11) is 1.84. The Morgan fingerprint density at radius 3 is 2.75 bits per heavy atom. The molecule has 0 saturated heterocycles. The Hall–Kier alpha value is -4.05. The third kappa shape index (κ3) is 3.31. The SMILES string of the molecule is Cn1cc(-c2cc(C(N)=O)nc3cc(Cc4ccnc(C#N)c4)ccc23)cn1. The summed E-state index contributed by atoms with van der Waals surface area (Å²) < 4.78 is 1.70. The monoisotopic (exact) mass is 368 g/mol. The number of benzene rings is 1. The molecular formula is C21H16N6O. The van der Waals surface area contributed by atoms with E-state index in [1.165, 1.54) is 0 Å². The Morgan fingerprint density at radius 1 is 1.21 bits per heavy atom. The molecule has 0 radical (unpaired) electrons. The quantitative estimate of drug-likeness (QED) is 0.595. The minimum absolute atomic E-state index is 0.208. The van der Waals surface area contributed by atoms with Gasteiger partial charge in [0.1, 0.15) is 17.5 Å². The molecule has 7 nitrogen and oxygen atoms in total. The van der Waals surface area contributed by atoms with Crippen molar-refractivity contribution in [3.05, 3.63) is 77.5 Å². The third-order valence-corrected chi connectivity index (χ3v) is 4.49. The summed E-state index contributed by atoms with van der Waals surface area (Å²) in [6, 6.07) is 13.3. The molecule has 0 unspecified atom stereocenters. The highest BCUT2D eigenvalue weighted by Gasteiger charge is 2.13. The minimum Gasteiger partial charge on any atom is -0.364 e. The largest absolute Gasteiger partial charge is 0.364 e. The van der Waals surface area contributed by atoms with Crippen molar-refractivity contribution >= 4 is 16.8 Å². The normalized spacial score (nSPS) is 10.7. The van der Waals surface area contributed by atoms with Crippen molar-refractivity contribution in [1.29, 1.82) is 5.26 Å². The average Bonchev–Trinajstić information content (AvgIpc) is 3.13. The van der Waals surface area contributed by atoms with Crippen LogP contribution in [0, 0.1) is 11.3 Å². The zero-order chi connectivity index (χ0) is 19.7. The molecule has 4 rings (SSSR count). The van der Waals surface area contributed by atoms with E-state index in [0.717, 1.165) is 27.6 Å². The van der Waals surface area contributed by atoms with Gasteiger partial charge in [-0.2, -0.15) is 10.4 Å². The summed E-state index contributed by atoms with van der Waals surface area (Å²) in [5.41, 5.74) is 10.5. The number of aromatic nitrogens is 4. The number of aryl methyl sites for hydroxylation is 1. The summed E-state index contributed by atoms with van der Waals surface area (Å²) in [4.78, 5) is 20.2. The van der Waals surface area contributed by atoms with Gasteiger partial charge < -0.3 is 5.73 Å². The van der Waals surface area contributed by atoms with Gasteiger partial charge in [0, 0.05) is 30.4 Å². The van der Waals surface area contributed by atoms with Gasteiger partial charge in [-0.05, 0) is 47.4 Å². The molecular weight excluding hydrogens is 352 g/mol. The average molecular weight is 368 g/mol. The second kappa shape index (κ2) is 6.93. The highest BCUT2D eigenvalue weighted by atomic mass is 16.1. The first kappa shape index (κ1) is 17.4. The molecule has 28 heavy (non-hydrogen) atoms. The van der Waals surface area contributed by atoms with Gasteiger partial charge in [0.25, 0.3) is 5.91 Å². The van der Waals surface area contributed by atoms with E-state index in [0.29, 0.717) is 17.6 Å². The molecule has 1 aromatic carbocycles. The number of hydrogen-bond donors (Lipinski definition) is 1. The summed E-state index contributed by atoms with van der Waals surface area (Å²) in [6.07, 6.45) is 5.87. The molecule has 0 fully saturated rings. The van der Waals surface area contributed by atoms with E-state index in [9.17, 15) is 4.79 Å². The van der Waals surface area contributed by atoms with Crippen molar-refractivity contribution in [2.45, 2.75) is 6.42 Å². The molecule has 0 aliphatic carbocycles. The molecule has 3 heterocycles.